The lowest BCUT2D eigenvalue weighted by Crippen LogP contribution is -2.11. The molecule has 0 aliphatic carbocycles. The van der Waals surface area contributed by atoms with E-state index >= 15 is 0 Å². The fourth-order valence-corrected chi connectivity index (χ4v) is 4.50. The molecule has 3 N–H and O–H groups in total. The Kier molecular flexibility index (Phi) is 6.09. The summed E-state index contributed by atoms with van der Waals surface area (Å²) in [5, 5.41) is 11.3. The van der Waals surface area contributed by atoms with Crippen LogP contribution in [0.25, 0.3) is 55.8 Å². The molecule has 8 nitrogen and oxygen atoms in total. The van der Waals surface area contributed by atoms with Crippen molar-refractivity contribution in [2.24, 2.45) is 0 Å². The Morgan fingerprint density at radius 3 is 2.79 bits per heavy atom. The Labute approximate surface area is 217 Å². The molecule has 6 rings (SSSR count). The zero-order valence-electron chi connectivity index (χ0n) is 20.6. The van der Waals surface area contributed by atoms with Crippen molar-refractivity contribution < 1.29 is 9.18 Å². The van der Waals surface area contributed by atoms with Gasteiger partial charge in [0, 0.05) is 40.8 Å². The average molecular weight is 506 g/mol. The third-order valence-corrected chi connectivity index (χ3v) is 6.38. The molecule has 6 aromatic rings. The minimum Gasteiger partial charge on any atom is -0.353 e. The van der Waals surface area contributed by atoms with Gasteiger partial charge in [-0.2, -0.15) is 5.10 Å². The van der Waals surface area contributed by atoms with Crippen LogP contribution in [0.2, 0.25) is 0 Å². The maximum Gasteiger partial charge on any atom is 0.224 e. The lowest BCUT2D eigenvalue weighted by Gasteiger charge is -2.07. The molecule has 0 unspecified atom stereocenters. The second kappa shape index (κ2) is 9.85. The molecule has 9 heteroatoms. The monoisotopic (exact) mass is 505 g/mol. The largest absolute Gasteiger partial charge is 0.353 e. The van der Waals surface area contributed by atoms with Crippen molar-refractivity contribution in [2.45, 2.75) is 26.2 Å². The third-order valence-electron chi connectivity index (χ3n) is 6.38. The van der Waals surface area contributed by atoms with Gasteiger partial charge in [-0.15, -0.1) is 0 Å². The van der Waals surface area contributed by atoms with Crippen LogP contribution < -0.4 is 5.32 Å². The molecule has 0 aliphatic rings. The summed E-state index contributed by atoms with van der Waals surface area (Å²) in [7, 11) is 0. The van der Waals surface area contributed by atoms with Gasteiger partial charge in [0.25, 0.3) is 0 Å². The van der Waals surface area contributed by atoms with Crippen LogP contribution >= 0.6 is 0 Å². The average Bonchev–Trinajstić information content (AvgIpc) is 3.55. The summed E-state index contributed by atoms with van der Waals surface area (Å²) in [5.74, 6) is -0.344. The maximum atomic E-state index is 13.9. The quantitative estimate of drug-likeness (QED) is 0.229. The van der Waals surface area contributed by atoms with Crippen molar-refractivity contribution >= 4 is 33.5 Å². The first-order chi connectivity index (χ1) is 18.6. The summed E-state index contributed by atoms with van der Waals surface area (Å²) in [6, 6.07) is 15.9. The van der Waals surface area contributed by atoms with Crippen LogP contribution in [0.3, 0.4) is 0 Å². The predicted octanol–water partition coefficient (Wildman–Crippen LogP) is 6.50. The minimum atomic E-state index is -0.314. The van der Waals surface area contributed by atoms with E-state index in [4.69, 9.17) is 4.98 Å². The fourth-order valence-electron chi connectivity index (χ4n) is 4.50. The Bertz CT molecular complexity index is 1790. The molecule has 38 heavy (non-hydrogen) atoms. The van der Waals surface area contributed by atoms with Gasteiger partial charge in [0.2, 0.25) is 5.91 Å². The van der Waals surface area contributed by atoms with Crippen LogP contribution in [0, 0.1) is 5.82 Å². The van der Waals surface area contributed by atoms with Gasteiger partial charge in [-0.25, -0.2) is 9.37 Å². The van der Waals surface area contributed by atoms with E-state index in [-0.39, 0.29) is 11.7 Å². The first-order valence-corrected chi connectivity index (χ1v) is 12.4. The number of unbranched alkanes of at least 4 members (excludes halogenated alkanes) is 1. The van der Waals surface area contributed by atoms with Crippen LogP contribution in [0.15, 0.2) is 73.2 Å². The number of rotatable bonds is 7. The lowest BCUT2D eigenvalue weighted by molar-refractivity contribution is -0.116. The van der Waals surface area contributed by atoms with Crippen molar-refractivity contribution in [3.63, 3.8) is 0 Å². The lowest BCUT2D eigenvalue weighted by atomic mass is 10.1. The van der Waals surface area contributed by atoms with Gasteiger partial charge < -0.3 is 10.3 Å². The van der Waals surface area contributed by atoms with Gasteiger partial charge in [-0.3, -0.25) is 19.9 Å². The van der Waals surface area contributed by atoms with Crippen molar-refractivity contribution in [1.82, 2.24) is 30.1 Å². The topological polar surface area (TPSA) is 112 Å². The number of aromatic amines is 2. The Morgan fingerprint density at radius 1 is 1.00 bits per heavy atom. The smallest absolute Gasteiger partial charge is 0.224 e. The molecular weight excluding hydrogens is 481 g/mol. The number of carbonyl (C=O) groups is 1. The van der Waals surface area contributed by atoms with E-state index < -0.39 is 0 Å². The Balaban J connectivity index is 1.37. The van der Waals surface area contributed by atoms with E-state index in [0.717, 1.165) is 40.5 Å². The van der Waals surface area contributed by atoms with Crippen LogP contribution in [-0.4, -0.2) is 36.0 Å². The second-order valence-corrected chi connectivity index (χ2v) is 9.09. The minimum absolute atomic E-state index is 0.0303. The summed E-state index contributed by atoms with van der Waals surface area (Å²) in [5.41, 5.74) is 7.23. The number of fused-ring (bicyclic) bond motifs is 2. The normalized spacial score (nSPS) is 11.3. The number of halogens is 1. The first kappa shape index (κ1) is 23.5. The standard InChI is InChI=1S/C29H24FN7O/c1-2-3-7-26(38)33-20-13-18(15-31-16-20)22-8-9-24-28(35-22)29(37-36-24)25-14-21-23(34-25)10-11-32-27(21)17-5-4-6-19(30)12-17/h4-6,8-16,34H,2-3,7H2,1H3,(H,33,38)(H,36,37). The number of pyridine rings is 3. The van der Waals surface area contributed by atoms with Crippen molar-refractivity contribution in [3.8, 4) is 33.9 Å². The molecule has 0 spiro atoms. The van der Waals surface area contributed by atoms with Gasteiger partial charge in [-0.1, -0.05) is 25.5 Å². The molecule has 188 valence electrons. The van der Waals surface area contributed by atoms with Gasteiger partial charge >= 0.3 is 0 Å². The predicted molar refractivity (Wildman–Crippen MR) is 146 cm³/mol. The number of nitrogens with zero attached hydrogens (tertiary/aromatic N) is 4. The van der Waals surface area contributed by atoms with E-state index in [1.54, 1.807) is 24.7 Å². The molecule has 1 aromatic carbocycles. The molecule has 0 atom stereocenters. The number of carbonyl (C=O) groups excluding carboxylic acids is 1. The van der Waals surface area contributed by atoms with Gasteiger partial charge in [0.15, 0.2) is 0 Å². The molecule has 5 aromatic heterocycles. The summed E-state index contributed by atoms with van der Waals surface area (Å²) in [6.07, 6.45) is 7.32. The zero-order valence-corrected chi connectivity index (χ0v) is 20.6. The molecule has 0 radical (unpaired) electrons. The highest BCUT2D eigenvalue weighted by molar-refractivity contribution is 5.99. The highest BCUT2D eigenvalue weighted by atomic mass is 19.1. The van der Waals surface area contributed by atoms with Gasteiger partial charge in [0.05, 0.1) is 34.5 Å². The van der Waals surface area contributed by atoms with E-state index in [0.29, 0.717) is 40.3 Å². The number of nitrogens with one attached hydrogen (secondary N) is 3. The molecule has 0 fully saturated rings. The van der Waals surface area contributed by atoms with Gasteiger partial charge in [0.1, 0.15) is 17.0 Å². The summed E-state index contributed by atoms with van der Waals surface area (Å²) in [4.78, 5) is 29.3. The van der Waals surface area contributed by atoms with Gasteiger partial charge in [-0.05, 0) is 48.9 Å². The molecule has 0 bridgehead atoms. The summed E-state index contributed by atoms with van der Waals surface area (Å²) < 4.78 is 13.9. The van der Waals surface area contributed by atoms with Crippen molar-refractivity contribution in [2.75, 3.05) is 5.32 Å². The second-order valence-electron chi connectivity index (χ2n) is 9.09. The maximum absolute atomic E-state index is 13.9. The summed E-state index contributed by atoms with van der Waals surface area (Å²) in [6.45, 7) is 2.05. The number of aromatic nitrogens is 6. The number of hydrogen-bond donors (Lipinski definition) is 3. The third kappa shape index (κ3) is 4.50. The number of benzene rings is 1. The molecule has 1 amide bonds. The number of amides is 1. The van der Waals surface area contributed by atoms with E-state index in [2.05, 4.69) is 37.4 Å². The fraction of sp³-hybridized carbons (Fsp3) is 0.138. The molecule has 0 saturated heterocycles. The van der Waals surface area contributed by atoms with Crippen LogP contribution in [0.5, 0.6) is 0 Å². The first-order valence-electron chi connectivity index (χ1n) is 12.4. The summed E-state index contributed by atoms with van der Waals surface area (Å²) >= 11 is 0. The van der Waals surface area contributed by atoms with Crippen molar-refractivity contribution in [1.29, 1.82) is 0 Å². The molecule has 5 heterocycles. The van der Waals surface area contributed by atoms with E-state index in [9.17, 15) is 9.18 Å². The van der Waals surface area contributed by atoms with Crippen molar-refractivity contribution in [3.05, 3.63) is 79.0 Å². The van der Waals surface area contributed by atoms with E-state index in [1.807, 2.05) is 36.4 Å². The Hall–Kier alpha value is -4.92. The number of hydrogen-bond acceptors (Lipinski definition) is 5. The van der Waals surface area contributed by atoms with Crippen LogP contribution in [0.1, 0.15) is 26.2 Å². The van der Waals surface area contributed by atoms with Crippen LogP contribution in [0.4, 0.5) is 10.1 Å². The number of H-pyrrole nitrogens is 2. The SMILES string of the molecule is CCCCC(=O)Nc1cncc(-c2ccc3[nH]nc(-c4cc5c(-c6cccc(F)c6)nccc5[nH]4)c3n2)c1. The highest BCUT2D eigenvalue weighted by Crippen LogP contribution is 2.33. The number of anilines is 1. The van der Waals surface area contributed by atoms with E-state index in [1.165, 1.54) is 12.1 Å². The molecular formula is C29H24FN7O. The zero-order chi connectivity index (χ0) is 26.1. The Morgan fingerprint density at radius 2 is 1.92 bits per heavy atom. The highest BCUT2D eigenvalue weighted by Gasteiger charge is 2.16. The molecule has 0 aliphatic heterocycles. The molecule has 0 saturated carbocycles. The van der Waals surface area contributed by atoms with Crippen LogP contribution in [-0.2, 0) is 4.79 Å².